The van der Waals surface area contributed by atoms with Gasteiger partial charge in [0.15, 0.2) is 0 Å². The molecule has 0 spiro atoms. The topological polar surface area (TPSA) is 56.2 Å². The maximum atomic E-state index is 12.3. The fourth-order valence-corrected chi connectivity index (χ4v) is 3.45. The lowest BCUT2D eigenvalue weighted by atomic mass is 9.74. The van der Waals surface area contributed by atoms with E-state index >= 15 is 0 Å². The van der Waals surface area contributed by atoms with Gasteiger partial charge in [0.2, 0.25) is 5.91 Å². The number of nitrogens with zero attached hydrogens (tertiary/aromatic N) is 2. The Hall–Kier alpha value is -2.14. The van der Waals surface area contributed by atoms with E-state index in [0.717, 1.165) is 38.0 Å². The summed E-state index contributed by atoms with van der Waals surface area (Å²) in [7, 11) is 1.89. The van der Waals surface area contributed by atoms with E-state index in [2.05, 4.69) is 41.6 Å². The first-order chi connectivity index (χ1) is 12.1. The third-order valence-electron chi connectivity index (χ3n) is 5.14. The van der Waals surface area contributed by atoms with Crippen LogP contribution in [-0.2, 0) is 28.4 Å². The average Bonchev–Trinajstić information content (AvgIpc) is 3.05. The number of carbonyl (C=O) groups excluding carboxylic acids is 1. The summed E-state index contributed by atoms with van der Waals surface area (Å²) in [5.41, 5.74) is 3.63. The third kappa shape index (κ3) is 4.48. The van der Waals surface area contributed by atoms with Crippen molar-refractivity contribution in [1.29, 1.82) is 0 Å². The normalized spacial score (nSPS) is 16.6. The molecule has 5 heteroatoms. The van der Waals surface area contributed by atoms with E-state index in [1.807, 2.05) is 19.4 Å². The van der Waals surface area contributed by atoms with Crippen LogP contribution in [0.4, 0.5) is 0 Å². The van der Waals surface area contributed by atoms with Gasteiger partial charge in [-0.2, -0.15) is 5.10 Å². The molecule has 0 unspecified atom stereocenters. The van der Waals surface area contributed by atoms with Crippen LogP contribution < -0.4 is 5.32 Å². The Morgan fingerprint density at radius 1 is 1.28 bits per heavy atom. The van der Waals surface area contributed by atoms with Crippen LogP contribution in [0.3, 0.4) is 0 Å². The van der Waals surface area contributed by atoms with Gasteiger partial charge in [0.05, 0.1) is 6.20 Å². The molecule has 2 aromatic rings. The molecule has 0 saturated carbocycles. The molecular weight excluding hydrogens is 314 g/mol. The third-order valence-corrected chi connectivity index (χ3v) is 5.14. The van der Waals surface area contributed by atoms with Gasteiger partial charge < -0.3 is 10.1 Å². The van der Waals surface area contributed by atoms with Gasteiger partial charge in [-0.1, -0.05) is 29.8 Å². The Morgan fingerprint density at radius 2 is 2.00 bits per heavy atom. The zero-order valence-electron chi connectivity index (χ0n) is 15.1. The van der Waals surface area contributed by atoms with Gasteiger partial charge in [-0.3, -0.25) is 9.48 Å². The molecule has 1 N–H and O–H groups in total. The van der Waals surface area contributed by atoms with E-state index in [-0.39, 0.29) is 11.3 Å². The fraction of sp³-hybridized carbons (Fsp3) is 0.500. The molecule has 0 radical (unpaired) electrons. The summed E-state index contributed by atoms with van der Waals surface area (Å²) in [5.74, 6) is 0.0989. The molecule has 3 rings (SSSR count). The number of ether oxygens (including phenoxy) is 1. The highest BCUT2D eigenvalue weighted by Gasteiger charge is 2.34. The largest absolute Gasteiger partial charge is 0.381 e. The van der Waals surface area contributed by atoms with Gasteiger partial charge in [-0.05, 0) is 37.3 Å². The summed E-state index contributed by atoms with van der Waals surface area (Å²) in [6, 6.07) is 8.69. The molecule has 1 aliphatic heterocycles. The fourth-order valence-electron chi connectivity index (χ4n) is 3.45. The smallest absolute Gasteiger partial charge is 0.220 e. The Balaban J connectivity index is 1.60. The van der Waals surface area contributed by atoms with Crippen LogP contribution in [0, 0.1) is 6.92 Å². The predicted octanol–water partition coefficient (Wildman–Crippen LogP) is 2.53. The molecule has 0 aliphatic carbocycles. The molecular formula is C20H27N3O2. The molecule has 134 valence electrons. The molecule has 2 heterocycles. The summed E-state index contributed by atoms with van der Waals surface area (Å²) in [5, 5.41) is 7.30. The highest BCUT2D eigenvalue weighted by molar-refractivity contribution is 5.76. The quantitative estimate of drug-likeness (QED) is 0.878. The van der Waals surface area contributed by atoms with Crippen molar-refractivity contribution in [2.24, 2.45) is 7.05 Å². The Labute approximate surface area is 149 Å². The first-order valence-corrected chi connectivity index (χ1v) is 8.97. The van der Waals surface area contributed by atoms with Gasteiger partial charge in [0, 0.05) is 44.8 Å². The second kappa shape index (κ2) is 7.83. The summed E-state index contributed by atoms with van der Waals surface area (Å²) in [6.07, 6.45) is 6.88. The minimum atomic E-state index is -0.0179. The van der Waals surface area contributed by atoms with Gasteiger partial charge in [0.25, 0.3) is 0 Å². The van der Waals surface area contributed by atoms with E-state index in [1.54, 1.807) is 4.68 Å². The van der Waals surface area contributed by atoms with Crippen molar-refractivity contribution in [1.82, 2.24) is 15.1 Å². The van der Waals surface area contributed by atoms with Crippen molar-refractivity contribution in [2.45, 2.75) is 38.0 Å². The van der Waals surface area contributed by atoms with Crippen LogP contribution in [0.15, 0.2) is 36.7 Å². The van der Waals surface area contributed by atoms with Gasteiger partial charge >= 0.3 is 0 Å². The lowest BCUT2D eigenvalue weighted by molar-refractivity contribution is -0.121. The first kappa shape index (κ1) is 17.7. The molecule has 25 heavy (non-hydrogen) atoms. The predicted molar refractivity (Wildman–Crippen MR) is 97.4 cm³/mol. The van der Waals surface area contributed by atoms with Crippen LogP contribution >= 0.6 is 0 Å². The monoisotopic (exact) mass is 341 g/mol. The summed E-state index contributed by atoms with van der Waals surface area (Å²) in [6.45, 7) is 4.27. The lowest BCUT2D eigenvalue weighted by Gasteiger charge is -2.38. The molecule has 1 saturated heterocycles. The molecule has 1 amide bonds. The van der Waals surface area contributed by atoms with Crippen LogP contribution in [0.2, 0.25) is 0 Å². The Morgan fingerprint density at radius 3 is 2.64 bits per heavy atom. The Bertz CT molecular complexity index is 700. The standard InChI is InChI=1S/C20H27N3O2/c1-16-3-6-18(7-4-16)20(9-11-25-12-10-20)15-21-19(24)8-5-17-13-22-23(2)14-17/h3-4,6-7,13-14H,5,8-12,15H2,1-2H3,(H,21,24). The van der Waals surface area contributed by atoms with Gasteiger partial charge in [-0.15, -0.1) is 0 Å². The molecule has 1 aromatic heterocycles. The van der Waals surface area contributed by atoms with Crippen molar-refractivity contribution in [3.8, 4) is 0 Å². The zero-order valence-corrected chi connectivity index (χ0v) is 15.1. The van der Waals surface area contributed by atoms with Crippen LogP contribution in [0.25, 0.3) is 0 Å². The zero-order chi connectivity index (χ0) is 17.7. The molecule has 1 aromatic carbocycles. The summed E-state index contributed by atoms with van der Waals surface area (Å²) in [4.78, 5) is 12.3. The van der Waals surface area contributed by atoms with Crippen molar-refractivity contribution < 1.29 is 9.53 Å². The molecule has 5 nitrogen and oxygen atoms in total. The number of benzene rings is 1. The molecule has 1 fully saturated rings. The van der Waals surface area contributed by atoms with E-state index in [1.165, 1.54) is 11.1 Å². The number of carbonyl (C=O) groups is 1. The number of aryl methyl sites for hydroxylation is 3. The van der Waals surface area contributed by atoms with E-state index in [9.17, 15) is 4.79 Å². The first-order valence-electron chi connectivity index (χ1n) is 8.97. The van der Waals surface area contributed by atoms with E-state index < -0.39 is 0 Å². The Kier molecular flexibility index (Phi) is 5.53. The van der Waals surface area contributed by atoms with Crippen LogP contribution in [-0.4, -0.2) is 35.4 Å². The van der Waals surface area contributed by atoms with Gasteiger partial charge in [0.1, 0.15) is 0 Å². The highest BCUT2D eigenvalue weighted by atomic mass is 16.5. The molecule has 0 bridgehead atoms. The van der Waals surface area contributed by atoms with Gasteiger partial charge in [-0.25, -0.2) is 0 Å². The lowest BCUT2D eigenvalue weighted by Crippen LogP contribution is -2.44. The van der Waals surface area contributed by atoms with Crippen molar-refractivity contribution >= 4 is 5.91 Å². The van der Waals surface area contributed by atoms with E-state index in [4.69, 9.17) is 4.74 Å². The minimum absolute atomic E-state index is 0.0179. The van der Waals surface area contributed by atoms with E-state index in [0.29, 0.717) is 13.0 Å². The van der Waals surface area contributed by atoms with Crippen molar-refractivity contribution in [3.63, 3.8) is 0 Å². The number of amides is 1. The summed E-state index contributed by atoms with van der Waals surface area (Å²) < 4.78 is 7.33. The second-order valence-electron chi connectivity index (χ2n) is 7.06. The molecule has 0 atom stereocenters. The maximum Gasteiger partial charge on any atom is 0.220 e. The molecule has 1 aliphatic rings. The highest BCUT2D eigenvalue weighted by Crippen LogP contribution is 2.34. The summed E-state index contributed by atoms with van der Waals surface area (Å²) >= 11 is 0. The number of hydrogen-bond donors (Lipinski definition) is 1. The average molecular weight is 341 g/mol. The number of nitrogens with one attached hydrogen (secondary N) is 1. The van der Waals surface area contributed by atoms with Crippen LogP contribution in [0.5, 0.6) is 0 Å². The minimum Gasteiger partial charge on any atom is -0.381 e. The second-order valence-corrected chi connectivity index (χ2v) is 7.06. The number of aromatic nitrogens is 2. The number of rotatable bonds is 6. The van der Waals surface area contributed by atoms with Crippen LogP contribution in [0.1, 0.15) is 36.0 Å². The number of hydrogen-bond acceptors (Lipinski definition) is 3. The maximum absolute atomic E-state index is 12.3. The SMILES string of the molecule is Cc1ccc(C2(CNC(=O)CCc3cnn(C)c3)CCOCC2)cc1. The van der Waals surface area contributed by atoms with Crippen molar-refractivity contribution in [3.05, 3.63) is 53.3 Å². The van der Waals surface area contributed by atoms with Crippen molar-refractivity contribution in [2.75, 3.05) is 19.8 Å².